The van der Waals surface area contributed by atoms with E-state index in [4.69, 9.17) is 9.40 Å². The van der Waals surface area contributed by atoms with Gasteiger partial charge in [-0.3, -0.25) is 9.69 Å². The number of nitrogens with one attached hydrogen (secondary N) is 1. The molecule has 2 saturated heterocycles. The van der Waals surface area contributed by atoms with Crippen molar-refractivity contribution in [2.75, 3.05) is 24.5 Å². The van der Waals surface area contributed by atoms with Gasteiger partial charge in [0.2, 0.25) is 5.91 Å². The van der Waals surface area contributed by atoms with Crippen LogP contribution in [0.5, 0.6) is 0 Å². The fourth-order valence-electron chi connectivity index (χ4n) is 5.07. The zero-order valence-electron chi connectivity index (χ0n) is 18.9. The van der Waals surface area contributed by atoms with E-state index in [2.05, 4.69) is 48.9 Å². The number of nitrogens with zero attached hydrogens (tertiary/aromatic N) is 3. The fraction of sp³-hybridized carbons (Fsp3) is 0.667. The van der Waals surface area contributed by atoms with Crippen LogP contribution in [0.2, 0.25) is 0 Å². The van der Waals surface area contributed by atoms with Gasteiger partial charge < -0.3 is 14.6 Å². The first-order chi connectivity index (χ1) is 14.4. The molecule has 2 aliphatic rings. The van der Waals surface area contributed by atoms with E-state index in [9.17, 15) is 4.79 Å². The first-order valence-corrected chi connectivity index (χ1v) is 11.6. The summed E-state index contributed by atoms with van der Waals surface area (Å²) >= 11 is 0. The molecule has 30 heavy (non-hydrogen) atoms. The van der Waals surface area contributed by atoms with Crippen LogP contribution in [-0.4, -0.2) is 53.6 Å². The number of carbonyl (C=O) groups is 1. The molecule has 4 rings (SSSR count). The summed E-state index contributed by atoms with van der Waals surface area (Å²) in [7, 11) is 0. The van der Waals surface area contributed by atoms with Crippen molar-refractivity contribution in [1.29, 1.82) is 0 Å². The summed E-state index contributed by atoms with van der Waals surface area (Å²) in [6.45, 7) is 11.2. The van der Waals surface area contributed by atoms with Gasteiger partial charge in [-0.2, -0.15) is 4.98 Å². The number of fused-ring (bicyclic) bond motifs is 1. The van der Waals surface area contributed by atoms with Gasteiger partial charge in [0, 0.05) is 31.7 Å². The minimum absolute atomic E-state index is 0.0987. The Hall–Kier alpha value is -2.08. The fourth-order valence-corrected chi connectivity index (χ4v) is 5.07. The van der Waals surface area contributed by atoms with Crippen LogP contribution in [0.4, 0.5) is 6.01 Å². The highest BCUT2D eigenvalue weighted by molar-refractivity contribution is 5.85. The van der Waals surface area contributed by atoms with Gasteiger partial charge in [0.1, 0.15) is 11.6 Å². The molecule has 1 N–H and O–H groups in total. The molecule has 1 aromatic heterocycles. The van der Waals surface area contributed by atoms with Crippen LogP contribution in [0.1, 0.15) is 63.5 Å². The number of piperidine rings is 2. The number of oxazole rings is 1. The lowest BCUT2D eigenvalue weighted by atomic mass is 9.97. The third-order valence-corrected chi connectivity index (χ3v) is 7.09. The van der Waals surface area contributed by atoms with Gasteiger partial charge in [0.25, 0.3) is 6.01 Å². The summed E-state index contributed by atoms with van der Waals surface area (Å²) in [5, 5.41) is 3.20. The number of hydrogen-bond acceptors (Lipinski definition) is 5. The maximum absolute atomic E-state index is 13.1. The minimum atomic E-state index is -0.204. The summed E-state index contributed by atoms with van der Waals surface area (Å²) < 4.78 is 6.08. The molecular formula is C24H36N4O2. The standard InChI is InChI=1S/C24H36N4O2/c1-16-14-20-22(15-17(16)2)30-24(26-20)28-12-6-5-10-21(28)23(29)25-11-13-27-18(3)8-7-9-19(27)4/h14-15,18-19,21H,5-13H2,1-4H3,(H,25,29). The number of likely N-dealkylation sites (tertiary alicyclic amines) is 1. The largest absolute Gasteiger partial charge is 0.423 e. The molecule has 3 unspecified atom stereocenters. The van der Waals surface area contributed by atoms with Crippen molar-refractivity contribution in [3.05, 3.63) is 23.3 Å². The molecule has 2 aromatic rings. The molecule has 6 nitrogen and oxygen atoms in total. The van der Waals surface area contributed by atoms with E-state index in [1.807, 2.05) is 6.07 Å². The number of benzene rings is 1. The second-order valence-corrected chi connectivity index (χ2v) is 9.26. The van der Waals surface area contributed by atoms with E-state index in [0.717, 1.165) is 43.5 Å². The highest BCUT2D eigenvalue weighted by atomic mass is 16.4. The maximum Gasteiger partial charge on any atom is 0.299 e. The van der Waals surface area contributed by atoms with Crippen molar-refractivity contribution >= 4 is 23.0 Å². The average Bonchev–Trinajstić information content (AvgIpc) is 3.13. The Bertz CT molecular complexity index is 844. The summed E-state index contributed by atoms with van der Waals surface area (Å²) in [6, 6.07) is 5.68. The van der Waals surface area contributed by atoms with Crippen LogP contribution >= 0.6 is 0 Å². The first-order valence-electron chi connectivity index (χ1n) is 11.6. The molecule has 2 aliphatic heterocycles. The zero-order chi connectivity index (χ0) is 21.3. The first kappa shape index (κ1) is 21.2. The second-order valence-electron chi connectivity index (χ2n) is 9.26. The van der Waals surface area contributed by atoms with Gasteiger partial charge in [-0.15, -0.1) is 0 Å². The predicted octanol–water partition coefficient (Wildman–Crippen LogP) is 4.18. The second kappa shape index (κ2) is 8.96. The van der Waals surface area contributed by atoms with Crippen LogP contribution in [0.3, 0.4) is 0 Å². The molecule has 3 atom stereocenters. The summed E-state index contributed by atoms with van der Waals surface area (Å²) in [6.07, 6.45) is 6.79. The molecule has 1 aromatic carbocycles. The predicted molar refractivity (Wildman–Crippen MR) is 121 cm³/mol. The van der Waals surface area contributed by atoms with Crippen LogP contribution in [0, 0.1) is 13.8 Å². The van der Waals surface area contributed by atoms with Crippen molar-refractivity contribution in [3.63, 3.8) is 0 Å². The topological polar surface area (TPSA) is 61.6 Å². The smallest absolute Gasteiger partial charge is 0.299 e. The Kier molecular flexibility index (Phi) is 6.32. The molecule has 164 valence electrons. The third-order valence-electron chi connectivity index (χ3n) is 7.09. The number of hydrogen-bond donors (Lipinski definition) is 1. The molecule has 1 amide bonds. The van der Waals surface area contributed by atoms with Gasteiger partial charge in [-0.1, -0.05) is 6.42 Å². The lowest BCUT2D eigenvalue weighted by Crippen LogP contribution is -2.52. The number of amides is 1. The van der Waals surface area contributed by atoms with Gasteiger partial charge in [0.05, 0.1) is 0 Å². The molecule has 0 radical (unpaired) electrons. The van der Waals surface area contributed by atoms with Crippen molar-refractivity contribution < 1.29 is 9.21 Å². The molecule has 6 heteroatoms. The number of anilines is 1. The van der Waals surface area contributed by atoms with Gasteiger partial charge in [0.15, 0.2) is 5.58 Å². The third kappa shape index (κ3) is 4.34. The van der Waals surface area contributed by atoms with E-state index in [1.54, 1.807) is 0 Å². The van der Waals surface area contributed by atoms with E-state index in [1.165, 1.54) is 30.4 Å². The van der Waals surface area contributed by atoms with Gasteiger partial charge in [-0.25, -0.2) is 0 Å². The molecule has 2 fully saturated rings. The van der Waals surface area contributed by atoms with E-state index < -0.39 is 0 Å². The van der Waals surface area contributed by atoms with Gasteiger partial charge >= 0.3 is 0 Å². The average molecular weight is 413 g/mol. The number of aromatic nitrogens is 1. The Morgan fingerprint density at radius 1 is 1.10 bits per heavy atom. The molecule has 0 bridgehead atoms. The van der Waals surface area contributed by atoms with E-state index >= 15 is 0 Å². The van der Waals surface area contributed by atoms with Gasteiger partial charge in [-0.05, 0) is 83.1 Å². The Morgan fingerprint density at radius 3 is 2.60 bits per heavy atom. The minimum Gasteiger partial charge on any atom is -0.423 e. The highest BCUT2D eigenvalue weighted by Crippen LogP contribution is 2.29. The lowest BCUT2D eigenvalue weighted by Gasteiger charge is -2.39. The SMILES string of the molecule is Cc1cc2nc(N3CCCCC3C(=O)NCCN3C(C)CCCC3C)oc2cc1C. The number of carbonyl (C=O) groups excluding carboxylic acids is 1. The summed E-state index contributed by atoms with van der Waals surface area (Å²) in [4.78, 5) is 22.4. The van der Waals surface area contributed by atoms with Crippen molar-refractivity contribution in [1.82, 2.24) is 15.2 Å². The maximum atomic E-state index is 13.1. The van der Waals surface area contributed by atoms with Crippen LogP contribution in [0.25, 0.3) is 11.1 Å². The Morgan fingerprint density at radius 2 is 1.83 bits per heavy atom. The Labute approximate surface area is 180 Å². The van der Waals surface area contributed by atoms with Crippen molar-refractivity contribution in [3.8, 4) is 0 Å². The van der Waals surface area contributed by atoms with E-state index in [-0.39, 0.29) is 11.9 Å². The van der Waals surface area contributed by atoms with Crippen LogP contribution in [0.15, 0.2) is 16.5 Å². The highest BCUT2D eigenvalue weighted by Gasteiger charge is 2.32. The molecule has 0 saturated carbocycles. The summed E-state index contributed by atoms with van der Waals surface area (Å²) in [5.74, 6) is 0.0987. The van der Waals surface area contributed by atoms with E-state index in [0.29, 0.717) is 24.6 Å². The molecule has 0 aliphatic carbocycles. The van der Waals surface area contributed by atoms with Crippen LogP contribution in [-0.2, 0) is 4.79 Å². The zero-order valence-corrected chi connectivity index (χ0v) is 18.9. The molecular weight excluding hydrogens is 376 g/mol. The quantitative estimate of drug-likeness (QED) is 0.798. The van der Waals surface area contributed by atoms with Crippen LogP contribution < -0.4 is 10.2 Å². The monoisotopic (exact) mass is 412 g/mol. The number of aryl methyl sites for hydroxylation is 2. The lowest BCUT2D eigenvalue weighted by molar-refractivity contribution is -0.123. The molecule has 3 heterocycles. The normalized spacial score (nSPS) is 25.6. The molecule has 0 spiro atoms. The Balaban J connectivity index is 1.42. The number of rotatable bonds is 5. The van der Waals surface area contributed by atoms with Crippen molar-refractivity contribution in [2.24, 2.45) is 0 Å². The van der Waals surface area contributed by atoms with Crippen molar-refractivity contribution in [2.45, 2.75) is 84.3 Å². The summed E-state index contributed by atoms with van der Waals surface area (Å²) in [5.41, 5.74) is 4.06.